The van der Waals surface area contributed by atoms with Gasteiger partial charge in [0.25, 0.3) is 0 Å². The van der Waals surface area contributed by atoms with Crippen LogP contribution in [0.25, 0.3) is 0 Å². The number of carbonyl (C=O) groups is 1. The standard InChI is InChI=1S/C15H22O3/c1-11-5-6-12(10-16)9-13(11)7-8-14(17)18-15(2,3)4/h5-6,9,16H,7-8,10H2,1-4H3. The van der Waals surface area contributed by atoms with E-state index < -0.39 is 5.60 Å². The highest BCUT2D eigenvalue weighted by Gasteiger charge is 2.16. The maximum atomic E-state index is 11.6. The molecule has 1 rings (SSSR count). The molecule has 18 heavy (non-hydrogen) atoms. The molecule has 0 amide bonds. The average Bonchev–Trinajstić information content (AvgIpc) is 2.25. The van der Waals surface area contributed by atoms with Gasteiger partial charge in [-0.25, -0.2) is 0 Å². The first-order valence-corrected chi connectivity index (χ1v) is 6.23. The van der Waals surface area contributed by atoms with E-state index in [4.69, 9.17) is 9.84 Å². The average molecular weight is 250 g/mol. The maximum Gasteiger partial charge on any atom is 0.306 e. The van der Waals surface area contributed by atoms with Gasteiger partial charge in [0.2, 0.25) is 0 Å². The number of esters is 1. The Morgan fingerprint density at radius 3 is 2.56 bits per heavy atom. The van der Waals surface area contributed by atoms with Crippen LogP contribution in [0.2, 0.25) is 0 Å². The highest BCUT2D eigenvalue weighted by molar-refractivity contribution is 5.70. The van der Waals surface area contributed by atoms with Crippen molar-refractivity contribution in [2.24, 2.45) is 0 Å². The van der Waals surface area contributed by atoms with Crippen molar-refractivity contribution < 1.29 is 14.6 Å². The van der Waals surface area contributed by atoms with E-state index in [1.807, 2.05) is 45.9 Å². The number of aryl methyl sites for hydroxylation is 2. The van der Waals surface area contributed by atoms with Crippen molar-refractivity contribution in [2.75, 3.05) is 0 Å². The molecule has 1 aromatic rings. The fourth-order valence-corrected chi connectivity index (χ4v) is 1.72. The van der Waals surface area contributed by atoms with Crippen LogP contribution in [0.3, 0.4) is 0 Å². The van der Waals surface area contributed by atoms with E-state index in [9.17, 15) is 4.79 Å². The van der Waals surface area contributed by atoms with Gasteiger partial charge in [-0.3, -0.25) is 4.79 Å². The fraction of sp³-hybridized carbons (Fsp3) is 0.533. The van der Waals surface area contributed by atoms with Crippen LogP contribution in [0.1, 0.15) is 43.9 Å². The Morgan fingerprint density at radius 1 is 1.33 bits per heavy atom. The van der Waals surface area contributed by atoms with Crippen LogP contribution in [0.5, 0.6) is 0 Å². The molecule has 0 aliphatic rings. The van der Waals surface area contributed by atoms with Crippen LogP contribution >= 0.6 is 0 Å². The highest BCUT2D eigenvalue weighted by atomic mass is 16.6. The molecule has 0 radical (unpaired) electrons. The van der Waals surface area contributed by atoms with Crippen LogP contribution < -0.4 is 0 Å². The van der Waals surface area contributed by atoms with Gasteiger partial charge in [0, 0.05) is 6.42 Å². The normalized spacial score (nSPS) is 11.4. The molecule has 0 saturated carbocycles. The number of rotatable bonds is 4. The van der Waals surface area contributed by atoms with Crippen LogP contribution in [0.4, 0.5) is 0 Å². The third-order valence-corrected chi connectivity index (χ3v) is 2.61. The summed E-state index contributed by atoms with van der Waals surface area (Å²) in [6.07, 6.45) is 1.02. The summed E-state index contributed by atoms with van der Waals surface area (Å²) in [4.78, 5) is 11.6. The van der Waals surface area contributed by atoms with E-state index in [2.05, 4.69) is 0 Å². The summed E-state index contributed by atoms with van der Waals surface area (Å²) < 4.78 is 5.27. The Morgan fingerprint density at radius 2 is 2.00 bits per heavy atom. The quantitative estimate of drug-likeness (QED) is 0.836. The van der Waals surface area contributed by atoms with Crippen molar-refractivity contribution in [3.8, 4) is 0 Å². The van der Waals surface area contributed by atoms with Gasteiger partial charge < -0.3 is 9.84 Å². The molecule has 0 aromatic heterocycles. The van der Waals surface area contributed by atoms with E-state index in [1.54, 1.807) is 0 Å². The Balaban J connectivity index is 2.60. The van der Waals surface area contributed by atoms with Gasteiger partial charge in [-0.1, -0.05) is 18.2 Å². The molecule has 0 saturated heterocycles. The van der Waals surface area contributed by atoms with Crippen LogP contribution in [-0.4, -0.2) is 16.7 Å². The summed E-state index contributed by atoms with van der Waals surface area (Å²) in [6.45, 7) is 7.62. The zero-order valence-corrected chi connectivity index (χ0v) is 11.6. The van der Waals surface area contributed by atoms with Crippen molar-refractivity contribution in [3.63, 3.8) is 0 Å². The SMILES string of the molecule is Cc1ccc(CO)cc1CCC(=O)OC(C)(C)C. The zero-order chi connectivity index (χ0) is 13.8. The van der Waals surface area contributed by atoms with Gasteiger partial charge in [-0.05, 0) is 50.8 Å². The monoisotopic (exact) mass is 250 g/mol. The molecule has 0 unspecified atom stereocenters. The molecule has 1 aromatic carbocycles. The van der Waals surface area contributed by atoms with Gasteiger partial charge in [-0.2, -0.15) is 0 Å². The molecule has 0 spiro atoms. The lowest BCUT2D eigenvalue weighted by Gasteiger charge is -2.19. The third kappa shape index (κ3) is 4.88. The van der Waals surface area contributed by atoms with Crippen molar-refractivity contribution in [1.29, 1.82) is 0 Å². The summed E-state index contributed by atoms with van der Waals surface area (Å²) in [6, 6.07) is 5.81. The topological polar surface area (TPSA) is 46.5 Å². The second kappa shape index (κ2) is 6.01. The smallest absolute Gasteiger partial charge is 0.306 e. The van der Waals surface area contributed by atoms with Gasteiger partial charge in [0.1, 0.15) is 5.60 Å². The second-order valence-electron chi connectivity index (χ2n) is 5.51. The third-order valence-electron chi connectivity index (χ3n) is 2.61. The lowest BCUT2D eigenvalue weighted by molar-refractivity contribution is -0.154. The lowest BCUT2D eigenvalue weighted by Crippen LogP contribution is -2.24. The minimum Gasteiger partial charge on any atom is -0.460 e. The van der Waals surface area contributed by atoms with Crippen LogP contribution in [0, 0.1) is 6.92 Å². The predicted octanol–water partition coefficient (Wildman–Crippen LogP) is 2.76. The van der Waals surface area contributed by atoms with Crippen molar-refractivity contribution in [3.05, 3.63) is 34.9 Å². The number of ether oxygens (including phenoxy) is 1. The Bertz CT molecular complexity index is 416. The molecule has 0 fully saturated rings. The van der Waals surface area contributed by atoms with Gasteiger partial charge in [0.15, 0.2) is 0 Å². The number of benzene rings is 1. The van der Waals surface area contributed by atoms with Crippen LogP contribution in [0.15, 0.2) is 18.2 Å². The number of hydrogen-bond donors (Lipinski definition) is 1. The molecular formula is C15H22O3. The van der Waals surface area contributed by atoms with Crippen molar-refractivity contribution in [2.45, 2.75) is 52.7 Å². The zero-order valence-electron chi connectivity index (χ0n) is 11.6. The molecule has 0 aliphatic carbocycles. The first-order valence-electron chi connectivity index (χ1n) is 6.23. The number of aliphatic hydroxyl groups excluding tert-OH is 1. The highest BCUT2D eigenvalue weighted by Crippen LogP contribution is 2.15. The minimum absolute atomic E-state index is 0.0275. The number of carbonyl (C=O) groups excluding carboxylic acids is 1. The van der Waals surface area contributed by atoms with Crippen molar-refractivity contribution in [1.82, 2.24) is 0 Å². The van der Waals surface area contributed by atoms with Gasteiger partial charge >= 0.3 is 5.97 Å². The van der Waals surface area contributed by atoms with Crippen molar-refractivity contribution >= 4 is 5.97 Å². The van der Waals surface area contributed by atoms with E-state index in [1.165, 1.54) is 0 Å². The van der Waals surface area contributed by atoms with E-state index >= 15 is 0 Å². The molecule has 3 heteroatoms. The summed E-state index contributed by atoms with van der Waals surface area (Å²) in [5.41, 5.74) is 2.67. The Kier molecular flexibility index (Phi) is 4.91. The first-order chi connectivity index (χ1) is 8.31. The number of aliphatic hydroxyl groups is 1. The Labute approximate surface area is 109 Å². The van der Waals surface area contributed by atoms with Gasteiger partial charge in [0.05, 0.1) is 6.61 Å². The molecule has 100 valence electrons. The Hall–Kier alpha value is -1.35. The fourth-order valence-electron chi connectivity index (χ4n) is 1.72. The maximum absolute atomic E-state index is 11.6. The predicted molar refractivity (Wildman–Crippen MR) is 71.3 cm³/mol. The molecule has 0 bridgehead atoms. The van der Waals surface area contributed by atoms with E-state index in [-0.39, 0.29) is 12.6 Å². The summed E-state index contributed by atoms with van der Waals surface area (Å²) >= 11 is 0. The largest absolute Gasteiger partial charge is 0.460 e. The number of hydrogen-bond acceptors (Lipinski definition) is 3. The first kappa shape index (κ1) is 14.7. The molecule has 1 N–H and O–H groups in total. The van der Waals surface area contributed by atoms with E-state index in [0.29, 0.717) is 12.8 Å². The molecular weight excluding hydrogens is 228 g/mol. The van der Waals surface area contributed by atoms with Crippen LogP contribution in [-0.2, 0) is 22.6 Å². The minimum atomic E-state index is -0.431. The lowest BCUT2D eigenvalue weighted by atomic mass is 10.0. The summed E-state index contributed by atoms with van der Waals surface area (Å²) in [5, 5.41) is 9.09. The van der Waals surface area contributed by atoms with E-state index in [0.717, 1.165) is 16.7 Å². The molecule has 0 atom stereocenters. The molecule has 0 aliphatic heterocycles. The second-order valence-corrected chi connectivity index (χ2v) is 5.51. The summed E-state index contributed by atoms with van der Waals surface area (Å²) in [7, 11) is 0. The summed E-state index contributed by atoms with van der Waals surface area (Å²) in [5.74, 6) is -0.184. The molecule has 0 heterocycles. The molecule has 3 nitrogen and oxygen atoms in total. The van der Waals surface area contributed by atoms with Gasteiger partial charge in [-0.15, -0.1) is 0 Å².